The number of H-pyrrole nitrogens is 1. The van der Waals surface area contributed by atoms with Crippen LogP contribution in [0.3, 0.4) is 0 Å². The van der Waals surface area contributed by atoms with Gasteiger partial charge in [-0.15, -0.1) is 0 Å². The minimum Gasteiger partial charge on any atom is -0.416 e. The zero-order chi connectivity index (χ0) is 17.3. The van der Waals surface area contributed by atoms with Crippen LogP contribution < -0.4 is 11.1 Å². The van der Waals surface area contributed by atoms with Crippen molar-refractivity contribution in [1.82, 2.24) is 15.2 Å². The van der Waals surface area contributed by atoms with E-state index in [1.54, 1.807) is 16.2 Å². The monoisotopic (exact) mass is 349 g/mol. The Morgan fingerprint density at radius 3 is 2.92 bits per heavy atom. The molecule has 128 valence electrons. The molecule has 3 heterocycles. The molecule has 0 radical (unpaired) electrons. The lowest BCUT2D eigenvalue weighted by molar-refractivity contribution is -0.129. The van der Waals surface area contributed by atoms with Gasteiger partial charge in [-0.1, -0.05) is 13.8 Å². The summed E-state index contributed by atoms with van der Waals surface area (Å²) < 4.78 is 4.58. The van der Waals surface area contributed by atoms with Gasteiger partial charge in [-0.05, 0) is 22.4 Å². The van der Waals surface area contributed by atoms with Crippen molar-refractivity contribution in [2.75, 3.05) is 13.1 Å². The maximum Gasteiger partial charge on any atom is 0.416 e. The number of aromatic nitrogens is 1. The molecule has 3 rings (SSSR count). The van der Waals surface area contributed by atoms with E-state index >= 15 is 0 Å². The molecule has 2 aromatic rings. The van der Waals surface area contributed by atoms with Crippen LogP contribution in [-0.4, -0.2) is 40.8 Å². The third-order valence-electron chi connectivity index (χ3n) is 4.30. The molecular formula is C16H19N3O4S. The highest BCUT2D eigenvalue weighted by Gasteiger charge is 2.42. The maximum absolute atomic E-state index is 12.5. The Labute approximate surface area is 142 Å². The van der Waals surface area contributed by atoms with Crippen LogP contribution in [0.1, 0.15) is 29.9 Å². The molecule has 1 aliphatic heterocycles. The topological polar surface area (TPSA) is 95.4 Å². The number of hydrogen-bond donors (Lipinski definition) is 2. The summed E-state index contributed by atoms with van der Waals surface area (Å²) in [5.41, 5.74) is 0.828. The van der Waals surface area contributed by atoms with Crippen LogP contribution in [-0.2, 0) is 11.2 Å². The van der Waals surface area contributed by atoms with E-state index in [1.165, 1.54) is 0 Å². The molecule has 0 aliphatic carbocycles. The summed E-state index contributed by atoms with van der Waals surface area (Å²) in [6, 6.07) is 1.74. The highest BCUT2D eigenvalue weighted by molar-refractivity contribution is 7.08. The minimum absolute atomic E-state index is 0.0509. The molecule has 2 amide bonds. The summed E-state index contributed by atoms with van der Waals surface area (Å²) in [5.74, 6) is -1.03. The van der Waals surface area contributed by atoms with E-state index in [0.717, 1.165) is 11.8 Å². The molecular weight excluding hydrogens is 330 g/mol. The first kappa shape index (κ1) is 16.5. The van der Waals surface area contributed by atoms with Gasteiger partial charge in [0.1, 0.15) is 12.0 Å². The number of nitrogens with zero attached hydrogens (tertiary/aromatic N) is 1. The minimum atomic E-state index is -0.668. The second-order valence-electron chi connectivity index (χ2n) is 6.66. The van der Waals surface area contributed by atoms with Gasteiger partial charge in [-0.2, -0.15) is 11.3 Å². The number of carbonyl (C=O) groups is 2. The van der Waals surface area contributed by atoms with E-state index in [9.17, 15) is 14.4 Å². The summed E-state index contributed by atoms with van der Waals surface area (Å²) >= 11 is 1.57. The van der Waals surface area contributed by atoms with Crippen LogP contribution in [0.4, 0.5) is 0 Å². The molecule has 0 bridgehead atoms. The van der Waals surface area contributed by atoms with Crippen LogP contribution in [0.15, 0.2) is 32.3 Å². The van der Waals surface area contributed by atoms with E-state index < -0.39 is 11.7 Å². The van der Waals surface area contributed by atoms with Gasteiger partial charge >= 0.3 is 5.76 Å². The lowest BCUT2D eigenvalue weighted by atomic mass is 9.88. The Hall–Kier alpha value is -2.35. The normalized spacial score (nSPS) is 19.4. The first-order valence-electron chi connectivity index (χ1n) is 7.63. The van der Waals surface area contributed by atoms with E-state index in [4.69, 9.17) is 0 Å². The van der Waals surface area contributed by atoms with Gasteiger partial charge in [-0.25, -0.2) is 4.79 Å². The fourth-order valence-electron chi connectivity index (χ4n) is 2.87. The predicted octanol–water partition coefficient (Wildman–Crippen LogP) is 1.24. The highest BCUT2D eigenvalue weighted by Crippen LogP contribution is 2.30. The number of oxazole rings is 1. The lowest BCUT2D eigenvalue weighted by Gasteiger charge is -2.25. The summed E-state index contributed by atoms with van der Waals surface area (Å²) in [5, 5.41) is 6.80. The van der Waals surface area contributed by atoms with E-state index in [0.29, 0.717) is 19.5 Å². The van der Waals surface area contributed by atoms with Gasteiger partial charge in [-0.3, -0.25) is 14.6 Å². The smallest absolute Gasteiger partial charge is 0.416 e. The molecule has 1 atom stereocenters. The third kappa shape index (κ3) is 3.43. The Morgan fingerprint density at radius 2 is 2.29 bits per heavy atom. The molecule has 0 saturated carbocycles. The Balaban J connectivity index is 1.65. The first-order chi connectivity index (χ1) is 11.3. The van der Waals surface area contributed by atoms with Crippen molar-refractivity contribution >= 4 is 23.2 Å². The average molecular weight is 349 g/mol. The van der Waals surface area contributed by atoms with Gasteiger partial charge in [0.25, 0.3) is 5.91 Å². The summed E-state index contributed by atoms with van der Waals surface area (Å²) in [7, 11) is 0. The molecule has 1 fully saturated rings. The summed E-state index contributed by atoms with van der Waals surface area (Å²) in [6.45, 7) is 5.04. The largest absolute Gasteiger partial charge is 0.416 e. The van der Waals surface area contributed by atoms with Crippen LogP contribution in [0.25, 0.3) is 0 Å². The molecule has 1 unspecified atom stereocenters. The van der Waals surface area contributed by atoms with Gasteiger partial charge < -0.3 is 14.6 Å². The zero-order valence-corrected chi connectivity index (χ0v) is 14.3. The highest BCUT2D eigenvalue weighted by atomic mass is 32.1. The molecule has 8 heteroatoms. The number of thiophene rings is 1. The quantitative estimate of drug-likeness (QED) is 0.868. The number of hydrogen-bond acceptors (Lipinski definition) is 5. The summed E-state index contributed by atoms with van der Waals surface area (Å²) in [4.78, 5) is 39.8. The molecule has 7 nitrogen and oxygen atoms in total. The molecule has 1 saturated heterocycles. The average Bonchev–Trinajstić information content (AvgIpc) is 3.21. The van der Waals surface area contributed by atoms with Crippen LogP contribution >= 0.6 is 11.3 Å². The maximum atomic E-state index is 12.5. The number of carbonyl (C=O) groups excluding carboxylic acids is 2. The number of nitrogens with one attached hydrogen (secondary N) is 2. The van der Waals surface area contributed by atoms with Crippen molar-refractivity contribution in [3.8, 4) is 0 Å². The zero-order valence-electron chi connectivity index (χ0n) is 13.5. The standard InChI is InChI=1S/C16H19N3O4S/c1-16(2)9-19(13(20)5-10-3-4-24-8-10)6-12(16)18-14(21)11-7-23-15(22)17-11/h3-4,7-8,12H,5-6,9H2,1-2H3,(H,17,22)(H,18,21). The number of amides is 2. The molecule has 2 aromatic heterocycles. The Morgan fingerprint density at radius 1 is 1.50 bits per heavy atom. The Kier molecular flexibility index (Phi) is 4.31. The van der Waals surface area contributed by atoms with E-state index in [-0.39, 0.29) is 23.1 Å². The summed E-state index contributed by atoms with van der Waals surface area (Å²) in [6.07, 6.45) is 1.47. The number of likely N-dealkylation sites (tertiary alicyclic amines) is 1. The van der Waals surface area contributed by atoms with Crippen LogP contribution in [0.2, 0.25) is 0 Å². The van der Waals surface area contributed by atoms with Gasteiger partial charge in [0.05, 0.1) is 12.5 Å². The molecule has 1 aliphatic rings. The van der Waals surface area contributed by atoms with Crippen molar-refractivity contribution in [2.24, 2.45) is 5.41 Å². The second kappa shape index (κ2) is 6.27. The van der Waals surface area contributed by atoms with E-state index in [1.807, 2.05) is 30.7 Å². The van der Waals surface area contributed by atoms with Crippen molar-refractivity contribution in [2.45, 2.75) is 26.3 Å². The Bertz CT molecular complexity index is 790. The van der Waals surface area contributed by atoms with Crippen molar-refractivity contribution in [3.05, 3.63) is 44.9 Å². The molecule has 0 spiro atoms. The van der Waals surface area contributed by atoms with Crippen molar-refractivity contribution in [3.63, 3.8) is 0 Å². The predicted molar refractivity (Wildman–Crippen MR) is 89.0 cm³/mol. The van der Waals surface area contributed by atoms with Crippen molar-refractivity contribution < 1.29 is 14.0 Å². The molecule has 0 aromatic carbocycles. The molecule has 24 heavy (non-hydrogen) atoms. The fourth-order valence-corrected chi connectivity index (χ4v) is 3.54. The van der Waals surface area contributed by atoms with E-state index in [2.05, 4.69) is 14.7 Å². The fraction of sp³-hybridized carbons (Fsp3) is 0.438. The first-order valence-corrected chi connectivity index (χ1v) is 8.57. The van der Waals surface area contributed by atoms with Crippen molar-refractivity contribution in [1.29, 1.82) is 0 Å². The SMILES string of the molecule is CC1(C)CN(C(=O)Cc2ccsc2)CC1NC(=O)c1coc(=O)[nH]1. The molecule has 2 N–H and O–H groups in total. The number of aromatic amines is 1. The van der Waals surface area contributed by atoms with Crippen LogP contribution in [0, 0.1) is 5.41 Å². The van der Waals surface area contributed by atoms with Gasteiger partial charge in [0.2, 0.25) is 5.91 Å². The van der Waals surface area contributed by atoms with Gasteiger partial charge in [0.15, 0.2) is 0 Å². The van der Waals surface area contributed by atoms with Gasteiger partial charge in [0, 0.05) is 18.5 Å². The van der Waals surface area contributed by atoms with Crippen LogP contribution in [0.5, 0.6) is 0 Å². The lowest BCUT2D eigenvalue weighted by Crippen LogP contribution is -2.44. The number of rotatable bonds is 4. The second-order valence-corrected chi connectivity index (χ2v) is 7.44. The third-order valence-corrected chi connectivity index (χ3v) is 5.04.